The summed E-state index contributed by atoms with van der Waals surface area (Å²) in [5, 5.41) is 3.28. The molecule has 2 rings (SSSR count). The lowest BCUT2D eigenvalue weighted by atomic mass is 10.2. The number of nitrogen functional groups attached to an aromatic ring is 1. The maximum absolute atomic E-state index is 12.1. The van der Waals surface area contributed by atoms with Gasteiger partial charge in [-0.25, -0.2) is 4.98 Å². The van der Waals surface area contributed by atoms with Crippen LogP contribution >= 0.6 is 11.8 Å². The van der Waals surface area contributed by atoms with Crippen LogP contribution in [0.15, 0.2) is 40.3 Å². The van der Waals surface area contributed by atoms with Crippen molar-refractivity contribution in [1.82, 2.24) is 9.97 Å². The molecule has 0 aliphatic carbocycles. The summed E-state index contributed by atoms with van der Waals surface area (Å²) in [6, 6.07) is 8.60. The molecule has 1 atom stereocenters. The summed E-state index contributed by atoms with van der Waals surface area (Å²) in [5.74, 6) is -0.388. The van der Waals surface area contributed by atoms with Gasteiger partial charge in [0, 0.05) is 10.8 Å². The van der Waals surface area contributed by atoms with Crippen LogP contribution < -0.4 is 16.6 Å². The van der Waals surface area contributed by atoms with Crippen LogP contribution in [0.2, 0.25) is 0 Å². The summed E-state index contributed by atoms with van der Waals surface area (Å²) >= 11 is 1.44. The number of nitrogens with two attached hydrogens (primary N) is 1. The van der Waals surface area contributed by atoms with E-state index < -0.39 is 11.5 Å². The van der Waals surface area contributed by atoms with Crippen LogP contribution in [0.25, 0.3) is 0 Å². The molecule has 0 saturated heterocycles. The van der Waals surface area contributed by atoms with Crippen molar-refractivity contribution in [3.63, 3.8) is 0 Å². The van der Waals surface area contributed by atoms with Gasteiger partial charge in [0.15, 0.2) is 11.0 Å². The van der Waals surface area contributed by atoms with Crippen molar-refractivity contribution >= 4 is 29.2 Å². The maximum Gasteiger partial charge on any atom is 0.277 e. The summed E-state index contributed by atoms with van der Waals surface area (Å²) in [4.78, 5) is 30.9. The van der Waals surface area contributed by atoms with Gasteiger partial charge in [0.25, 0.3) is 11.5 Å². The lowest BCUT2D eigenvalue weighted by Crippen LogP contribution is -2.23. The quantitative estimate of drug-likeness (QED) is 0.581. The van der Waals surface area contributed by atoms with E-state index in [0.29, 0.717) is 16.0 Å². The van der Waals surface area contributed by atoms with Crippen molar-refractivity contribution in [2.75, 3.05) is 11.1 Å². The summed E-state index contributed by atoms with van der Waals surface area (Å²) in [7, 11) is 0. The molecule has 4 N–H and O–H groups in total. The fourth-order valence-electron chi connectivity index (χ4n) is 1.69. The van der Waals surface area contributed by atoms with E-state index in [1.165, 1.54) is 11.8 Å². The number of carbonyl (C=O) groups excluding carboxylic acids is 1. The lowest BCUT2D eigenvalue weighted by molar-refractivity contribution is 0.102. The van der Waals surface area contributed by atoms with Crippen LogP contribution in [0, 0.1) is 0 Å². The number of H-pyrrole nitrogens is 1. The number of aromatic nitrogens is 2. The largest absolute Gasteiger partial charge is 0.382 e. The van der Waals surface area contributed by atoms with E-state index in [1.807, 2.05) is 13.8 Å². The third-order valence-corrected chi connectivity index (χ3v) is 4.24. The predicted molar refractivity (Wildman–Crippen MR) is 89.3 cm³/mol. The van der Waals surface area contributed by atoms with Gasteiger partial charge in [-0.05, 0) is 18.6 Å². The van der Waals surface area contributed by atoms with E-state index in [1.54, 1.807) is 30.3 Å². The Balaban J connectivity index is 2.22. The van der Waals surface area contributed by atoms with Gasteiger partial charge in [-0.2, -0.15) is 0 Å². The molecular weight excluding hydrogens is 300 g/mol. The van der Waals surface area contributed by atoms with E-state index in [9.17, 15) is 9.59 Å². The van der Waals surface area contributed by atoms with Crippen LogP contribution in [-0.2, 0) is 0 Å². The van der Waals surface area contributed by atoms with Crippen LogP contribution in [0.1, 0.15) is 30.6 Å². The molecule has 0 fully saturated rings. The standard InChI is InChI=1S/C15H18N4O2S/c1-3-9(2)22-15-18-12(16)11(14(21)19-15)17-13(20)10-7-5-4-6-8-10/h4-9H,3H2,1-2H3,(H,17,20)(H3,16,18,19,21)/t9-/m1/s1. The van der Waals surface area contributed by atoms with Gasteiger partial charge >= 0.3 is 0 Å². The second kappa shape index (κ2) is 7.13. The molecule has 0 spiro atoms. The number of aromatic amines is 1. The number of benzene rings is 1. The van der Waals surface area contributed by atoms with E-state index in [-0.39, 0.29) is 11.5 Å². The van der Waals surface area contributed by atoms with Crippen molar-refractivity contribution in [3.8, 4) is 0 Å². The molecule has 1 amide bonds. The maximum atomic E-state index is 12.1. The second-order valence-corrected chi connectivity index (χ2v) is 6.22. The molecular formula is C15H18N4O2S. The molecule has 1 heterocycles. The van der Waals surface area contributed by atoms with Crippen molar-refractivity contribution < 1.29 is 4.79 Å². The number of amides is 1. The van der Waals surface area contributed by atoms with Crippen molar-refractivity contribution in [3.05, 3.63) is 46.2 Å². The highest BCUT2D eigenvalue weighted by molar-refractivity contribution is 7.99. The molecule has 0 aliphatic rings. The van der Waals surface area contributed by atoms with Gasteiger partial charge in [0.1, 0.15) is 5.69 Å². The minimum atomic E-state index is -0.456. The smallest absolute Gasteiger partial charge is 0.277 e. The summed E-state index contributed by atoms with van der Waals surface area (Å²) in [6.45, 7) is 4.08. The highest BCUT2D eigenvalue weighted by Gasteiger charge is 2.14. The highest BCUT2D eigenvalue weighted by Crippen LogP contribution is 2.22. The number of anilines is 2. The molecule has 0 aliphatic heterocycles. The van der Waals surface area contributed by atoms with Gasteiger partial charge in [-0.3, -0.25) is 14.6 Å². The normalized spacial score (nSPS) is 11.9. The number of carbonyl (C=O) groups is 1. The zero-order valence-corrected chi connectivity index (χ0v) is 13.2. The molecule has 7 heteroatoms. The molecule has 0 radical (unpaired) electrons. The number of rotatable bonds is 5. The minimum Gasteiger partial charge on any atom is -0.382 e. The Morgan fingerprint density at radius 3 is 2.68 bits per heavy atom. The first-order valence-electron chi connectivity index (χ1n) is 6.94. The van der Waals surface area contributed by atoms with Gasteiger partial charge < -0.3 is 11.1 Å². The summed E-state index contributed by atoms with van der Waals surface area (Å²) in [6.07, 6.45) is 0.945. The SMILES string of the molecule is CC[C@@H](C)Sc1nc(N)c(NC(=O)c2ccccc2)c(=O)[nH]1. The molecule has 116 valence electrons. The molecule has 2 aromatic rings. The molecule has 22 heavy (non-hydrogen) atoms. The third-order valence-electron chi connectivity index (χ3n) is 3.09. The lowest BCUT2D eigenvalue weighted by Gasteiger charge is -2.10. The predicted octanol–water partition coefficient (Wildman–Crippen LogP) is 2.50. The molecule has 0 saturated carbocycles. The zero-order chi connectivity index (χ0) is 16.1. The van der Waals surface area contributed by atoms with Crippen LogP contribution in [0.3, 0.4) is 0 Å². The number of nitrogens with one attached hydrogen (secondary N) is 2. The Morgan fingerprint density at radius 1 is 1.41 bits per heavy atom. The van der Waals surface area contributed by atoms with Gasteiger partial charge in [-0.1, -0.05) is 43.8 Å². The number of hydrogen-bond donors (Lipinski definition) is 3. The Morgan fingerprint density at radius 2 is 2.09 bits per heavy atom. The molecule has 0 unspecified atom stereocenters. The van der Waals surface area contributed by atoms with Crippen molar-refractivity contribution in [2.45, 2.75) is 30.7 Å². The average Bonchev–Trinajstić information content (AvgIpc) is 2.51. The number of nitrogens with zero attached hydrogens (tertiary/aromatic N) is 1. The topological polar surface area (TPSA) is 101 Å². The summed E-state index contributed by atoms with van der Waals surface area (Å²) < 4.78 is 0. The molecule has 6 nitrogen and oxygen atoms in total. The number of thioether (sulfide) groups is 1. The Kier molecular flexibility index (Phi) is 5.21. The fourth-order valence-corrected chi connectivity index (χ4v) is 2.55. The zero-order valence-electron chi connectivity index (χ0n) is 12.4. The van der Waals surface area contributed by atoms with Crippen LogP contribution in [0.5, 0.6) is 0 Å². The first-order chi connectivity index (χ1) is 10.5. The van der Waals surface area contributed by atoms with Crippen molar-refractivity contribution in [2.24, 2.45) is 0 Å². The highest BCUT2D eigenvalue weighted by atomic mass is 32.2. The molecule has 1 aromatic carbocycles. The number of hydrogen-bond acceptors (Lipinski definition) is 5. The average molecular weight is 318 g/mol. The summed E-state index contributed by atoms with van der Waals surface area (Å²) in [5.41, 5.74) is 5.77. The van der Waals surface area contributed by atoms with Crippen LogP contribution in [0.4, 0.5) is 11.5 Å². The van der Waals surface area contributed by atoms with Crippen LogP contribution in [-0.4, -0.2) is 21.1 Å². The van der Waals surface area contributed by atoms with Gasteiger partial charge in [-0.15, -0.1) is 0 Å². The van der Waals surface area contributed by atoms with E-state index >= 15 is 0 Å². The monoisotopic (exact) mass is 318 g/mol. The Labute approximate surface area is 132 Å². The first kappa shape index (κ1) is 16.1. The Bertz CT molecular complexity index is 715. The fraction of sp³-hybridized carbons (Fsp3) is 0.267. The Hall–Kier alpha value is -2.28. The van der Waals surface area contributed by atoms with E-state index in [2.05, 4.69) is 15.3 Å². The second-order valence-electron chi connectivity index (χ2n) is 4.79. The van der Waals surface area contributed by atoms with Crippen molar-refractivity contribution in [1.29, 1.82) is 0 Å². The third kappa shape index (κ3) is 3.88. The van der Waals surface area contributed by atoms with Gasteiger partial charge in [0.2, 0.25) is 0 Å². The van der Waals surface area contributed by atoms with E-state index in [0.717, 1.165) is 6.42 Å². The minimum absolute atomic E-state index is 0.0128. The first-order valence-corrected chi connectivity index (χ1v) is 7.82. The van der Waals surface area contributed by atoms with Gasteiger partial charge in [0.05, 0.1) is 0 Å². The molecule has 0 bridgehead atoms. The molecule has 1 aromatic heterocycles. The van der Waals surface area contributed by atoms with E-state index in [4.69, 9.17) is 5.73 Å².